The first-order chi connectivity index (χ1) is 13.6. The SMILES string of the molecule is CN(C)c1ncccc1CN1CCc2nc(N3CCOCC3)[nH]c(=O)c2CC1. The summed E-state index contributed by atoms with van der Waals surface area (Å²) >= 11 is 0. The molecule has 28 heavy (non-hydrogen) atoms. The average molecular weight is 384 g/mol. The summed E-state index contributed by atoms with van der Waals surface area (Å²) in [5.41, 5.74) is 2.98. The van der Waals surface area contributed by atoms with Crippen molar-refractivity contribution in [3.05, 3.63) is 45.5 Å². The zero-order chi connectivity index (χ0) is 19.5. The third-order valence-corrected chi connectivity index (χ3v) is 5.43. The Hall–Kier alpha value is -2.45. The molecule has 4 rings (SSSR count). The van der Waals surface area contributed by atoms with E-state index >= 15 is 0 Å². The fourth-order valence-corrected chi connectivity index (χ4v) is 3.92. The van der Waals surface area contributed by atoms with E-state index in [2.05, 4.69) is 25.8 Å². The first kappa shape index (κ1) is 18.9. The second kappa shape index (κ2) is 8.28. The van der Waals surface area contributed by atoms with E-state index in [1.165, 1.54) is 5.56 Å². The molecule has 0 amide bonds. The molecule has 2 aromatic rings. The van der Waals surface area contributed by atoms with Gasteiger partial charge in [-0.25, -0.2) is 9.97 Å². The van der Waals surface area contributed by atoms with Crippen LogP contribution in [-0.2, 0) is 24.1 Å². The van der Waals surface area contributed by atoms with Gasteiger partial charge in [0, 0.05) is 70.6 Å². The fourth-order valence-electron chi connectivity index (χ4n) is 3.92. The number of fused-ring (bicyclic) bond motifs is 1. The molecule has 150 valence electrons. The van der Waals surface area contributed by atoms with Gasteiger partial charge in [0.25, 0.3) is 5.56 Å². The third-order valence-electron chi connectivity index (χ3n) is 5.43. The maximum absolute atomic E-state index is 12.7. The van der Waals surface area contributed by atoms with Crippen LogP contribution in [0.15, 0.2) is 23.1 Å². The Morgan fingerprint density at radius 3 is 2.75 bits per heavy atom. The van der Waals surface area contributed by atoms with Gasteiger partial charge in [-0.3, -0.25) is 14.7 Å². The number of nitrogens with one attached hydrogen (secondary N) is 1. The summed E-state index contributed by atoms with van der Waals surface area (Å²) in [4.78, 5) is 31.5. The molecule has 2 aromatic heterocycles. The van der Waals surface area contributed by atoms with Crippen LogP contribution >= 0.6 is 0 Å². The van der Waals surface area contributed by atoms with Crippen LogP contribution in [-0.4, -0.2) is 73.3 Å². The van der Waals surface area contributed by atoms with E-state index in [0.717, 1.165) is 62.6 Å². The van der Waals surface area contributed by atoms with E-state index in [0.29, 0.717) is 19.2 Å². The quantitative estimate of drug-likeness (QED) is 0.830. The Labute approximate surface area is 165 Å². The van der Waals surface area contributed by atoms with Gasteiger partial charge in [0.15, 0.2) is 0 Å². The molecule has 1 N–H and O–H groups in total. The van der Waals surface area contributed by atoms with Gasteiger partial charge in [-0.15, -0.1) is 0 Å². The van der Waals surface area contributed by atoms with Crippen LogP contribution in [0.3, 0.4) is 0 Å². The van der Waals surface area contributed by atoms with Crippen LogP contribution in [0, 0.1) is 0 Å². The normalized spacial score (nSPS) is 17.9. The molecule has 0 radical (unpaired) electrons. The summed E-state index contributed by atoms with van der Waals surface area (Å²) in [6, 6.07) is 4.11. The monoisotopic (exact) mass is 384 g/mol. The van der Waals surface area contributed by atoms with E-state index in [-0.39, 0.29) is 5.56 Å². The molecule has 0 spiro atoms. The number of hydrogen-bond donors (Lipinski definition) is 1. The number of aromatic nitrogens is 3. The number of nitrogens with zero attached hydrogens (tertiary/aromatic N) is 5. The van der Waals surface area contributed by atoms with Crippen LogP contribution in [0.5, 0.6) is 0 Å². The number of aromatic amines is 1. The number of hydrogen-bond acceptors (Lipinski definition) is 7. The van der Waals surface area contributed by atoms with E-state index in [9.17, 15) is 4.79 Å². The lowest BCUT2D eigenvalue weighted by Gasteiger charge is -2.27. The maximum atomic E-state index is 12.7. The molecule has 2 aliphatic rings. The van der Waals surface area contributed by atoms with E-state index in [1.54, 1.807) is 0 Å². The lowest BCUT2D eigenvalue weighted by molar-refractivity contribution is 0.122. The van der Waals surface area contributed by atoms with Gasteiger partial charge >= 0.3 is 0 Å². The number of morpholine rings is 1. The van der Waals surface area contributed by atoms with Crippen molar-refractivity contribution >= 4 is 11.8 Å². The minimum Gasteiger partial charge on any atom is -0.378 e. The van der Waals surface area contributed by atoms with Gasteiger partial charge in [-0.05, 0) is 12.5 Å². The van der Waals surface area contributed by atoms with Gasteiger partial charge < -0.3 is 14.5 Å². The molecule has 8 nitrogen and oxygen atoms in total. The standard InChI is InChI=1S/C20H28N6O2/c1-24(2)18-15(4-3-7-21-18)14-25-8-5-16-17(6-9-25)22-20(23-19(16)27)26-10-12-28-13-11-26/h3-4,7H,5-6,8-14H2,1-2H3,(H,22,23,27). The number of anilines is 2. The van der Waals surface area contributed by atoms with Crippen molar-refractivity contribution in [1.82, 2.24) is 19.9 Å². The maximum Gasteiger partial charge on any atom is 0.255 e. The minimum absolute atomic E-state index is 0.00343. The van der Waals surface area contributed by atoms with E-state index in [4.69, 9.17) is 9.72 Å². The molecular weight excluding hydrogens is 356 g/mol. The topological polar surface area (TPSA) is 77.6 Å². The van der Waals surface area contributed by atoms with Crippen molar-refractivity contribution in [1.29, 1.82) is 0 Å². The zero-order valence-corrected chi connectivity index (χ0v) is 16.6. The molecular formula is C20H28N6O2. The number of ether oxygens (including phenoxy) is 1. The Morgan fingerprint density at radius 2 is 1.96 bits per heavy atom. The van der Waals surface area contributed by atoms with Crippen molar-refractivity contribution in [3.63, 3.8) is 0 Å². The van der Waals surface area contributed by atoms with Crippen molar-refractivity contribution in [3.8, 4) is 0 Å². The Kier molecular flexibility index (Phi) is 5.59. The van der Waals surface area contributed by atoms with Gasteiger partial charge in [0.1, 0.15) is 5.82 Å². The van der Waals surface area contributed by atoms with Gasteiger partial charge in [-0.2, -0.15) is 0 Å². The van der Waals surface area contributed by atoms with Crippen molar-refractivity contribution in [2.75, 3.05) is 63.3 Å². The average Bonchev–Trinajstić information content (AvgIpc) is 2.92. The first-order valence-electron chi connectivity index (χ1n) is 9.90. The summed E-state index contributed by atoms with van der Waals surface area (Å²) in [6.45, 7) is 5.43. The van der Waals surface area contributed by atoms with Crippen LogP contribution in [0.4, 0.5) is 11.8 Å². The third kappa shape index (κ3) is 4.02. The van der Waals surface area contributed by atoms with Crippen molar-refractivity contribution in [2.45, 2.75) is 19.4 Å². The predicted octanol–water partition coefficient (Wildman–Crippen LogP) is 0.668. The summed E-state index contributed by atoms with van der Waals surface area (Å²) < 4.78 is 5.40. The summed E-state index contributed by atoms with van der Waals surface area (Å²) in [7, 11) is 4.03. The molecule has 0 aliphatic carbocycles. The smallest absolute Gasteiger partial charge is 0.255 e. The zero-order valence-electron chi connectivity index (χ0n) is 16.6. The van der Waals surface area contributed by atoms with E-state index < -0.39 is 0 Å². The molecule has 0 unspecified atom stereocenters. The van der Waals surface area contributed by atoms with Gasteiger partial charge in [0.2, 0.25) is 5.95 Å². The lowest BCUT2D eigenvalue weighted by Crippen LogP contribution is -2.38. The highest BCUT2D eigenvalue weighted by Gasteiger charge is 2.22. The molecule has 0 atom stereocenters. The highest BCUT2D eigenvalue weighted by Crippen LogP contribution is 2.20. The van der Waals surface area contributed by atoms with E-state index in [1.807, 2.05) is 31.3 Å². The number of rotatable bonds is 4. The molecule has 0 bridgehead atoms. The van der Waals surface area contributed by atoms with Crippen molar-refractivity contribution < 1.29 is 4.74 Å². The molecule has 2 aliphatic heterocycles. The predicted molar refractivity (Wildman–Crippen MR) is 109 cm³/mol. The lowest BCUT2D eigenvalue weighted by atomic mass is 10.1. The Bertz CT molecular complexity index is 875. The van der Waals surface area contributed by atoms with Gasteiger partial charge in [-0.1, -0.05) is 6.07 Å². The molecule has 1 fully saturated rings. The number of pyridine rings is 1. The molecule has 0 aromatic carbocycles. The Balaban J connectivity index is 1.51. The Morgan fingerprint density at radius 1 is 1.18 bits per heavy atom. The second-order valence-electron chi connectivity index (χ2n) is 7.57. The summed E-state index contributed by atoms with van der Waals surface area (Å²) in [5.74, 6) is 1.68. The van der Waals surface area contributed by atoms with Crippen molar-refractivity contribution in [2.24, 2.45) is 0 Å². The van der Waals surface area contributed by atoms with Crippen LogP contribution in [0.2, 0.25) is 0 Å². The molecule has 0 saturated carbocycles. The van der Waals surface area contributed by atoms with Crippen LogP contribution < -0.4 is 15.4 Å². The highest BCUT2D eigenvalue weighted by molar-refractivity contribution is 5.45. The molecule has 4 heterocycles. The molecule has 1 saturated heterocycles. The van der Waals surface area contributed by atoms with Crippen LogP contribution in [0.1, 0.15) is 16.8 Å². The fraction of sp³-hybridized carbons (Fsp3) is 0.550. The summed E-state index contributed by atoms with van der Waals surface area (Å²) in [5, 5.41) is 0. The van der Waals surface area contributed by atoms with Crippen LogP contribution in [0.25, 0.3) is 0 Å². The highest BCUT2D eigenvalue weighted by atomic mass is 16.5. The number of H-pyrrole nitrogens is 1. The largest absolute Gasteiger partial charge is 0.378 e. The second-order valence-corrected chi connectivity index (χ2v) is 7.57. The molecule has 8 heteroatoms. The minimum atomic E-state index is 0.00343. The summed E-state index contributed by atoms with van der Waals surface area (Å²) in [6.07, 6.45) is 3.33. The van der Waals surface area contributed by atoms with Gasteiger partial charge in [0.05, 0.1) is 18.9 Å². The first-order valence-corrected chi connectivity index (χ1v) is 9.90.